The van der Waals surface area contributed by atoms with Crippen LogP contribution in [0.4, 0.5) is 5.82 Å². The number of aryl methyl sites for hydroxylation is 1. The number of nitrogens with zero attached hydrogens (tertiary/aromatic N) is 3. The second kappa shape index (κ2) is 9.25. The quantitative estimate of drug-likeness (QED) is 0.764. The van der Waals surface area contributed by atoms with Crippen LogP contribution in [0.5, 0.6) is 0 Å². The van der Waals surface area contributed by atoms with Gasteiger partial charge in [-0.15, -0.1) is 0 Å². The zero-order valence-corrected chi connectivity index (χ0v) is 18.8. The molecule has 1 saturated heterocycles. The molecule has 1 aliphatic carbocycles. The van der Waals surface area contributed by atoms with Crippen molar-refractivity contribution >= 4 is 11.7 Å². The molecule has 1 N–H and O–H groups in total. The summed E-state index contributed by atoms with van der Waals surface area (Å²) >= 11 is 0. The van der Waals surface area contributed by atoms with Crippen molar-refractivity contribution < 1.29 is 9.53 Å². The Kier molecular flexibility index (Phi) is 6.45. The Labute approximate surface area is 184 Å². The van der Waals surface area contributed by atoms with Gasteiger partial charge in [-0.2, -0.15) is 5.26 Å². The maximum absolute atomic E-state index is 13.0. The smallest absolute Gasteiger partial charge is 0.239 e. The van der Waals surface area contributed by atoms with Gasteiger partial charge in [0.2, 0.25) is 5.91 Å². The van der Waals surface area contributed by atoms with E-state index < -0.39 is 0 Å². The van der Waals surface area contributed by atoms with Gasteiger partial charge in [0, 0.05) is 18.3 Å². The van der Waals surface area contributed by atoms with Crippen LogP contribution in [0.15, 0.2) is 24.3 Å². The fourth-order valence-electron chi connectivity index (χ4n) is 5.05. The van der Waals surface area contributed by atoms with E-state index in [2.05, 4.69) is 45.1 Å². The maximum atomic E-state index is 13.0. The molecule has 1 fully saturated rings. The Hall–Kier alpha value is -2.62. The number of amides is 1. The normalized spacial score (nSPS) is 20.5. The molecule has 2 aliphatic rings. The van der Waals surface area contributed by atoms with Crippen LogP contribution >= 0.6 is 0 Å². The van der Waals surface area contributed by atoms with Crippen molar-refractivity contribution in [1.29, 1.82) is 5.26 Å². The highest BCUT2D eigenvalue weighted by Gasteiger charge is 2.27. The number of nitrogens with one attached hydrogen (secondary N) is 1. The summed E-state index contributed by atoms with van der Waals surface area (Å²) in [5.74, 6) is 0.517. The molecule has 2 atom stereocenters. The van der Waals surface area contributed by atoms with Gasteiger partial charge in [0.05, 0.1) is 24.8 Å². The van der Waals surface area contributed by atoms with Crippen LogP contribution in [0.3, 0.4) is 0 Å². The number of carbonyl (C=O) groups excluding carboxylic acids is 1. The third-order valence-electron chi connectivity index (χ3n) is 6.87. The van der Waals surface area contributed by atoms with Gasteiger partial charge < -0.3 is 14.6 Å². The average molecular weight is 421 g/mol. The van der Waals surface area contributed by atoms with Gasteiger partial charge in [-0.1, -0.05) is 24.3 Å². The van der Waals surface area contributed by atoms with E-state index in [1.807, 2.05) is 20.9 Å². The van der Waals surface area contributed by atoms with Crippen molar-refractivity contribution in [2.45, 2.75) is 64.6 Å². The molecule has 0 unspecified atom stereocenters. The average Bonchev–Trinajstić information content (AvgIpc) is 3.36. The van der Waals surface area contributed by atoms with E-state index in [0.29, 0.717) is 17.9 Å². The highest BCUT2D eigenvalue weighted by molar-refractivity contribution is 5.93. The third-order valence-corrected chi connectivity index (χ3v) is 6.87. The van der Waals surface area contributed by atoms with Crippen LogP contribution < -0.4 is 5.32 Å². The summed E-state index contributed by atoms with van der Waals surface area (Å²) in [7, 11) is 2.01. The van der Waals surface area contributed by atoms with Gasteiger partial charge in [0.1, 0.15) is 11.9 Å². The Morgan fingerprint density at radius 3 is 2.84 bits per heavy atom. The van der Waals surface area contributed by atoms with E-state index >= 15 is 0 Å². The van der Waals surface area contributed by atoms with E-state index in [9.17, 15) is 10.1 Å². The van der Waals surface area contributed by atoms with E-state index in [4.69, 9.17) is 4.74 Å². The number of anilines is 1. The number of hydrogen-bond acceptors (Lipinski definition) is 4. The molecule has 1 amide bonds. The molecule has 2 aromatic rings. The molecule has 164 valence electrons. The fraction of sp³-hybridized carbons (Fsp3) is 0.520. The first-order chi connectivity index (χ1) is 15.0. The minimum atomic E-state index is -0.0897. The topological polar surface area (TPSA) is 70.3 Å². The molecule has 0 radical (unpaired) electrons. The lowest BCUT2D eigenvalue weighted by atomic mass is 9.87. The molecule has 2 heterocycles. The minimum Gasteiger partial charge on any atom is -0.376 e. The van der Waals surface area contributed by atoms with Crippen molar-refractivity contribution in [3.8, 4) is 6.07 Å². The summed E-state index contributed by atoms with van der Waals surface area (Å²) in [6, 6.07) is 11.1. The van der Waals surface area contributed by atoms with Crippen LogP contribution in [-0.2, 0) is 22.5 Å². The predicted molar refractivity (Wildman–Crippen MR) is 121 cm³/mol. The molecule has 6 nitrogen and oxygen atoms in total. The molecule has 0 bridgehead atoms. The van der Waals surface area contributed by atoms with Gasteiger partial charge in [-0.25, -0.2) is 0 Å². The minimum absolute atomic E-state index is 0.0897. The van der Waals surface area contributed by atoms with Crippen LogP contribution in [0.2, 0.25) is 0 Å². The molecule has 31 heavy (non-hydrogen) atoms. The number of benzene rings is 1. The molecule has 6 heteroatoms. The van der Waals surface area contributed by atoms with Crippen molar-refractivity contribution in [3.05, 3.63) is 52.2 Å². The van der Waals surface area contributed by atoms with E-state index in [1.54, 1.807) is 0 Å². The molecular weight excluding hydrogens is 388 g/mol. The highest BCUT2D eigenvalue weighted by Crippen LogP contribution is 2.33. The first kappa shape index (κ1) is 21.6. The Morgan fingerprint density at radius 2 is 2.10 bits per heavy atom. The number of ether oxygens (including phenoxy) is 1. The summed E-state index contributed by atoms with van der Waals surface area (Å²) in [6.45, 7) is 5.68. The number of fused-ring (bicyclic) bond motifs is 1. The lowest BCUT2D eigenvalue weighted by Gasteiger charge is -2.33. The molecule has 0 saturated carbocycles. The van der Waals surface area contributed by atoms with Crippen molar-refractivity contribution in [3.63, 3.8) is 0 Å². The number of hydrogen-bond donors (Lipinski definition) is 1. The SMILES string of the molecule is Cc1c(C#N)c(NC(=O)CN(C)[C@H]2CCCc3ccccc32)n(C[C@@H]2CCCO2)c1C. The lowest BCUT2D eigenvalue weighted by Crippen LogP contribution is -2.35. The maximum Gasteiger partial charge on any atom is 0.239 e. The zero-order chi connectivity index (χ0) is 22.0. The number of rotatable bonds is 6. The first-order valence-electron chi connectivity index (χ1n) is 11.3. The van der Waals surface area contributed by atoms with Gasteiger partial charge in [0.25, 0.3) is 0 Å². The van der Waals surface area contributed by atoms with Crippen LogP contribution in [0.1, 0.15) is 59.7 Å². The molecule has 1 aromatic carbocycles. The third kappa shape index (κ3) is 4.39. The van der Waals surface area contributed by atoms with Gasteiger partial charge >= 0.3 is 0 Å². The molecular formula is C25H32N4O2. The second-order valence-electron chi connectivity index (χ2n) is 8.86. The zero-order valence-electron chi connectivity index (χ0n) is 18.8. The Balaban J connectivity index is 1.51. The van der Waals surface area contributed by atoms with E-state index in [-0.39, 0.29) is 24.6 Å². The van der Waals surface area contributed by atoms with Crippen LogP contribution in [0.25, 0.3) is 0 Å². The van der Waals surface area contributed by atoms with Gasteiger partial charge in [-0.3, -0.25) is 9.69 Å². The number of carbonyl (C=O) groups is 1. The number of nitriles is 1. The Bertz CT molecular complexity index is 998. The molecule has 4 rings (SSSR count). The highest BCUT2D eigenvalue weighted by atomic mass is 16.5. The van der Waals surface area contributed by atoms with Crippen molar-refractivity contribution in [1.82, 2.24) is 9.47 Å². The largest absolute Gasteiger partial charge is 0.376 e. The molecule has 1 aromatic heterocycles. The molecule has 1 aliphatic heterocycles. The summed E-state index contributed by atoms with van der Waals surface area (Å²) in [5.41, 5.74) is 5.20. The standard InChI is InChI=1S/C25H32N4O2/c1-17-18(2)29(15-20-10-7-13-31-20)25(22(17)14-26)27-24(30)16-28(3)23-12-6-9-19-8-4-5-11-21(19)23/h4-5,8,11,20,23H,6-7,9-10,12-13,15-16H2,1-3H3,(H,27,30)/t20-,23-/m0/s1. The van der Waals surface area contributed by atoms with Crippen LogP contribution in [0, 0.1) is 25.2 Å². The fourth-order valence-corrected chi connectivity index (χ4v) is 5.05. The van der Waals surface area contributed by atoms with Crippen LogP contribution in [-0.4, -0.2) is 41.7 Å². The Morgan fingerprint density at radius 1 is 1.29 bits per heavy atom. The van der Waals surface area contributed by atoms with E-state index in [0.717, 1.165) is 50.0 Å². The number of likely N-dealkylation sites (N-methyl/N-ethyl adjacent to an activating group) is 1. The lowest BCUT2D eigenvalue weighted by molar-refractivity contribution is -0.117. The monoisotopic (exact) mass is 420 g/mol. The van der Waals surface area contributed by atoms with E-state index in [1.165, 1.54) is 11.1 Å². The first-order valence-corrected chi connectivity index (χ1v) is 11.3. The van der Waals surface area contributed by atoms with Gasteiger partial charge in [-0.05, 0) is 69.7 Å². The van der Waals surface area contributed by atoms with Gasteiger partial charge in [0.15, 0.2) is 0 Å². The molecule has 0 spiro atoms. The summed E-state index contributed by atoms with van der Waals surface area (Å²) in [4.78, 5) is 15.2. The summed E-state index contributed by atoms with van der Waals surface area (Å²) < 4.78 is 7.86. The number of aromatic nitrogens is 1. The summed E-state index contributed by atoms with van der Waals surface area (Å²) in [6.07, 6.45) is 5.49. The van der Waals surface area contributed by atoms with Crippen molar-refractivity contribution in [2.24, 2.45) is 0 Å². The second-order valence-corrected chi connectivity index (χ2v) is 8.86. The van der Waals surface area contributed by atoms with Crippen molar-refractivity contribution in [2.75, 3.05) is 25.5 Å². The predicted octanol–water partition coefficient (Wildman–Crippen LogP) is 4.10. The summed E-state index contributed by atoms with van der Waals surface area (Å²) in [5, 5.41) is 12.8.